The standard InChI is InChI=1S/C17H34N2O/c1-12(2)15-9-8-14(5)11-16(15)19-17(20)7-6-10-18-13(3)4/h12-16,18H,6-11H2,1-5H3,(H,19,20). The van der Waals surface area contributed by atoms with Gasteiger partial charge in [0.25, 0.3) is 0 Å². The van der Waals surface area contributed by atoms with E-state index in [1.807, 2.05) is 0 Å². The van der Waals surface area contributed by atoms with Crippen molar-refractivity contribution >= 4 is 5.91 Å². The Kier molecular flexibility index (Phi) is 7.57. The summed E-state index contributed by atoms with van der Waals surface area (Å²) in [5.74, 6) is 2.30. The Morgan fingerprint density at radius 2 is 1.90 bits per heavy atom. The minimum atomic E-state index is 0.236. The molecule has 1 amide bonds. The van der Waals surface area contributed by atoms with Crippen molar-refractivity contribution in [3.8, 4) is 0 Å². The number of rotatable bonds is 7. The van der Waals surface area contributed by atoms with Gasteiger partial charge >= 0.3 is 0 Å². The van der Waals surface area contributed by atoms with Crippen LogP contribution in [0.5, 0.6) is 0 Å². The molecule has 0 aromatic heterocycles. The Labute approximate surface area is 125 Å². The molecule has 1 rings (SSSR count). The van der Waals surface area contributed by atoms with E-state index in [4.69, 9.17) is 0 Å². The van der Waals surface area contributed by atoms with Gasteiger partial charge in [0.05, 0.1) is 0 Å². The van der Waals surface area contributed by atoms with Crippen molar-refractivity contribution in [3.63, 3.8) is 0 Å². The molecule has 3 atom stereocenters. The molecule has 118 valence electrons. The van der Waals surface area contributed by atoms with Crippen molar-refractivity contribution in [2.75, 3.05) is 6.54 Å². The second kappa shape index (κ2) is 8.66. The van der Waals surface area contributed by atoms with Crippen molar-refractivity contribution < 1.29 is 4.79 Å². The summed E-state index contributed by atoms with van der Waals surface area (Å²) >= 11 is 0. The highest BCUT2D eigenvalue weighted by atomic mass is 16.1. The van der Waals surface area contributed by atoms with Crippen LogP contribution in [-0.2, 0) is 4.79 Å². The van der Waals surface area contributed by atoms with Gasteiger partial charge in [-0.1, -0.05) is 41.0 Å². The summed E-state index contributed by atoms with van der Waals surface area (Å²) in [6.45, 7) is 12.1. The van der Waals surface area contributed by atoms with E-state index in [1.54, 1.807) is 0 Å². The SMILES string of the molecule is CC1CCC(C(C)C)C(NC(=O)CCCNC(C)C)C1. The van der Waals surface area contributed by atoms with Crippen LogP contribution < -0.4 is 10.6 Å². The molecule has 0 aromatic rings. The number of nitrogens with one attached hydrogen (secondary N) is 2. The highest BCUT2D eigenvalue weighted by Crippen LogP contribution is 2.33. The maximum atomic E-state index is 12.1. The van der Waals surface area contributed by atoms with Crippen molar-refractivity contribution in [3.05, 3.63) is 0 Å². The van der Waals surface area contributed by atoms with Gasteiger partial charge in [-0.15, -0.1) is 0 Å². The van der Waals surface area contributed by atoms with Crippen LogP contribution in [0.25, 0.3) is 0 Å². The van der Waals surface area contributed by atoms with Crippen LogP contribution in [0.1, 0.15) is 66.7 Å². The predicted octanol–water partition coefficient (Wildman–Crippen LogP) is 3.34. The zero-order valence-corrected chi connectivity index (χ0v) is 14.0. The highest BCUT2D eigenvalue weighted by Gasteiger charge is 2.31. The first-order valence-corrected chi connectivity index (χ1v) is 8.42. The summed E-state index contributed by atoms with van der Waals surface area (Å²) in [6.07, 6.45) is 5.30. The van der Waals surface area contributed by atoms with E-state index in [1.165, 1.54) is 12.8 Å². The van der Waals surface area contributed by atoms with Gasteiger partial charge < -0.3 is 10.6 Å². The highest BCUT2D eigenvalue weighted by molar-refractivity contribution is 5.76. The Morgan fingerprint density at radius 3 is 2.50 bits per heavy atom. The van der Waals surface area contributed by atoms with Crippen molar-refractivity contribution in [2.24, 2.45) is 17.8 Å². The lowest BCUT2D eigenvalue weighted by molar-refractivity contribution is -0.122. The molecule has 1 aliphatic rings. The number of carbonyl (C=O) groups excluding carboxylic acids is 1. The van der Waals surface area contributed by atoms with E-state index < -0.39 is 0 Å². The lowest BCUT2D eigenvalue weighted by atomic mass is 9.74. The van der Waals surface area contributed by atoms with Crippen molar-refractivity contribution in [1.82, 2.24) is 10.6 Å². The fourth-order valence-corrected chi connectivity index (χ4v) is 3.29. The lowest BCUT2D eigenvalue weighted by Gasteiger charge is -2.37. The van der Waals surface area contributed by atoms with Gasteiger partial charge in [0.15, 0.2) is 0 Å². The van der Waals surface area contributed by atoms with Gasteiger partial charge in [-0.3, -0.25) is 4.79 Å². The van der Waals surface area contributed by atoms with E-state index in [0.717, 1.165) is 25.3 Å². The molecular formula is C17H34N2O. The third-order valence-corrected chi connectivity index (χ3v) is 4.50. The van der Waals surface area contributed by atoms with Crippen LogP contribution in [0.4, 0.5) is 0 Å². The van der Waals surface area contributed by atoms with Crippen LogP contribution in [0.15, 0.2) is 0 Å². The van der Waals surface area contributed by atoms with Gasteiger partial charge in [-0.05, 0) is 43.6 Å². The molecule has 0 aromatic carbocycles. The Bertz CT molecular complexity index is 289. The van der Waals surface area contributed by atoms with E-state index >= 15 is 0 Å². The van der Waals surface area contributed by atoms with E-state index in [9.17, 15) is 4.79 Å². The van der Waals surface area contributed by atoms with Crippen LogP contribution in [0, 0.1) is 17.8 Å². The molecule has 20 heavy (non-hydrogen) atoms. The summed E-state index contributed by atoms with van der Waals surface area (Å²) in [6, 6.07) is 0.895. The molecule has 1 saturated carbocycles. The largest absolute Gasteiger partial charge is 0.353 e. The summed E-state index contributed by atoms with van der Waals surface area (Å²) in [4.78, 5) is 12.1. The number of hydrogen-bond donors (Lipinski definition) is 2. The molecule has 0 aliphatic heterocycles. The quantitative estimate of drug-likeness (QED) is 0.703. The maximum absolute atomic E-state index is 12.1. The molecule has 1 fully saturated rings. The third kappa shape index (κ3) is 6.25. The number of amides is 1. The van der Waals surface area contributed by atoms with Crippen LogP contribution >= 0.6 is 0 Å². The molecular weight excluding hydrogens is 248 g/mol. The smallest absolute Gasteiger partial charge is 0.220 e. The number of hydrogen-bond acceptors (Lipinski definition) is 2. The second-order valence-electron chi connectivity index (χ2n) is 7.21. The molecule has 0 heterocycles. The summed E-state index contributed by atoms with van der Waals surface area (Å²) in [7, 11) is 0. The minimum Gasteiger partial charge on any atom is -0.353 e. The molecule has 2 N–H and O–H groups in total. The fraction of sp³-hybridized carbons (Fsp3) is 0.941. The van der Waals surface area contributed by atoms with Gasteiger partial charge in [0.2, 0.25) is 5.91 Å². The Balaban J connectivity index is 2.33. The Hall–Kier alpha value is -0.570. The van der Waals surface area contributed by atoms with Crippen LogP contribution in [-0.4, -0.2) is 24.5 Å². The van der Waals surface area contributed by atoms with Crippen molar-refractivity contribution in [2.45, 2.75) is 78.8 Å². The first kappa shape index (κ1) is 17.5. The van der Waals surface area contributed by atoms with Crippen LogP contribution in [0.3, 0.4) is 0 Å². The van der Waals surface area contributed by atoms with Crippen LogP contribution in [0.2, 0.25) is 0 Å². The first-order valence-electron chi connectivity index (χ1n) is 8.42. The average Bonchev–Trinajstić information content (AvgIpc) is 2.34. The van der Waals surface area contributed by atoms with Gasteiger partial charge in [0.1, 0.15) is 0 Å². The topological polar surface area (TPSA) is 41.1 Å². The zero-order chi connectivity index (χ0) is 15.1. The summed E-state index contributed by atoms with van der Waals surface area (Å²) in [5, 5.41) is 6.66. The first-order chi connectivity index (χ1) is 9.40. The predicted molar refractivity (Wildman–Crippen MR) is 85.6 cm³/mol. The van der Waals surface area contributed by atoms with Crippen molar-refractivity contribution in [1.29, 1.82) is 0 Å². The minimum absolute atomic E-state index is 0.236. The maximum Gasteiger partial charge on any atom is 0.220 e. The normalized spacial score (nSPS) is 27.1. The second-order valence-corrected chi connectivity index (χ2v) is 7.21. The summed E-state index contributed by atoms with van der Waals surface area (Å²) < 4.78 is 0. The molecule has 3 heteroatoms. The summed E-state index contributed by atoms with van der Waals surface area (Å²) in [5.41, 5.74) is 0. The average molecular weight is 282 g/mol. The Morgan fingerprint density at radius 1 is 1.20 bits per heavy atom. The molecule has 0 saturated heterocycles. The number of carbonyl (C=O) groups is 1. The zero-order valence-electron chi connectivity index (χ0n) is 14.0. The molecule has 1 aliphatic carbocycles. The molecule has 3 unspecified atom stereocenters. The molecule has 0 bridgehead atoms. The third-order valence-electron chi connectivity index (χ3n) is 4.50. The van der Waals surface area contributed by atoms with Gasteiger partial charge in [-0.2, -0.15) is 0 Å². The van der Waals surface area contributed by atoms with Gasteiger partial charge in [0, 0.05) is 18.5 Å². The van der Waals surface area contributed by atoms with E-state index in [0.29, 0.717) is 30.3 Å². The fourth-order valence-electron chi connectivity index (χ4n) is 3.29. The van der Waals surface area contributed by atoms with E-state index in [2.05, 4.69) is 45.3 Å². The lowest BCUT2D eigenvalue weighted by Crippen LogP contribution is -2.45. The molecule has 0 spiro atoms. The molecule has 3 nitrogen and oxygen atoms in total. The molecule has 0 radical (unpaired) electrons. The monoisotopic (exact) mass is 282 g/mol. The van der Waals surface area contributed by atoms with E-state index in [-0.39, 0.29) is 5.91 Å². The van der Waals surface area contributed by atoms with Gasteiger partial charge in [-0.25, -0.2) is 0 Å².